The van der Waals surface area contributed by atoms with Crippen molar-refractivity contribution in [2.24, 2.45) is 0 Å². The van der Waals surface area contributed by atoms with Gasteiger partial charge in [0.25, 0.3) is 5.91 Å². The third-order valence-corrected chi connectivity index (χ3v) is 4.73. The van der Waals surface area contributed by atoms with Gasteiger partial charge in [-0.2, -0.15) is 0 Å². The number of phenolic OH excluding ortho intramolecular Hbond substituents is 1. The van der Waals surface area contributed by atoms with E-state index in [0.29, 0.717) is 21.5 Å². The maximum atomic E-state index is 12.7. The minimum absolute atomic E-state index is 0.0886. The molecule has 6 heteroatoms. The highest BCUT2D eigenvalue weighted by Crippen LogP contribution is 2.36. The quantitative estimate of drug-likeness (QED) is 0.482. The number of nitrogens with zero attached hydrogens (tertiary/aromatic N) is 1. The molecule has 2 aromatic carbocycles. The lowest BCUT2D eigenvalue weighted by Gasteiger charge is -2.14. The molecule has 126 valence electrons. The summed E-state index contributed by atoms with van der Waals surface area (Å²) in [6.07, 6.45) is 3.47. The van der Waals surface area contributed by atoms with Gasteiger partial charge >= 0.3 is 0 Å². The first kappa shape index (κ1) is 17.3. The van der Waals surface area contributed by atoms with Crippen molar-refractivity contribution < 1.29 is 14.6 Å². The second kappa shape index (κ2) is 7.55. The van der Waals surface area contributed by atoms with Gasteiger partial charge in [-0.1, -0.05) is 54.8 Å². The van der Waals surface area contributed by atoms with Gasteiger partial charge in [0.15, 0.2) is 4.32 Å². The number of phenols is 1. The molecule has 1 amide bonds. The molecule has 1 saturated heterocycles. The van der Waals surface area contributed by atoms with E-state index in [4.69, 9.17) is 17.0 Å². The molecule has 1 N–H and O–H groups in total. The van der Waals surface area contributed by atoms with Gasteiger partial charge in [0.2, 0.25) is 0 Å². The average molecular weight is 369 g/mol. The molecule has 2 aromatic rings. The maximum Gasteiger partial charge on any atom is 0.270 e. The van der Waals surface area contributed by atoms with E-state index in [2.05, 4.69) is 6.58 Å². The van der Waals surface area contributed by atoms with Crippen molar-refractivity contribution in [2.75, 3.05) is 11.5 Å². The van der Waals surface area contributed by atoms with Crippen LogP contribution in [0.5, 0.6) is 11.5 Å². The smallest absolute Gasteiger partial charge is 0.270 e. The van der Waals surface area contributed by atoms with Crippen molar-refractivity contribution >= 4 is 46.0 Å². The number of thiocarbonyl (C=S) groups is 1. The summed E-state index contributed by atoms with van der Waals surface area (Å²) in [5.41, 5.74) is 1.43. The van der Waals surface area contributed by atoms with Gasteiger partial charge in [-0.25, -0.2) is 0 Å². The Labute approximate surface area is 155 Å². The van der Waals surface area contributed by atoms with E-state index in [1.54, 1.807) is 30.4 Å². The maximum absolute atomic E-state index is 12.7. The number of ether oxygens (including phenoxy) is 1. The number of anilines is 1. The predicted octanol–water partition coefficient (Wildman–Crippen LogP) is 4.36. The van der Waals surface area contributed by atoms with Crippen LogP contribution in [-0.2, 0) is 4.79 Å². The van der Waals surface area contributed by atoms with Crippen molar-refractivity contribution in [2.45, 2.75) is 0 Å². The van der Waals surface area contributed by atoms with Gasteiger partial charge in [-0.15, -0.1) is 0 Å². The van der Waals surface area contributed by atoms with Gasteiger partial charge in [0, 0.05) is 6.07 Å². The molecule has 4 nitrogen and oxygen atoms in total. The number of thioether (sulfide) groups is 1. The summed E-state index contributed by atoms with van der Waals surface area (Å²) in [6.45, 7) is 4.05. The Bertz CT molecular complexity index is 859. The SMILES string of the molecule is C=CCOc1ccc(C=C2SC(=S)N(c3cccc(O)c3)C2=O)cc1. The first-order valence-electron chi connectivity index (χ1n) is 7.49. The van der Waals surface area contributed by atoms with E-state index in [-0.39, 0.29) is 11.7 Å². The number of carbonyl (C=O) groups is 1. The lowest BCUT2D eigenvalue weighted by Crippen LogP contribution is -2.27. The van der Waals surface area contributed by atoms with Crippen LogP contribution in [0.4, 0.5) is 5.69 Å². The molecule has 0 unspecified atom stereocenters. The number of hydrogen-bond acceptors (Lipinski definition) is 5. The summed E-state index contributed by atoms with van der Waals surface area (Å²) in [4.78, 5) is 14.6. The summed E-state index contributed by atoms with van der Waals surface area (Å²) < 4.78 is 5.88. The van der Waals surface area contributed by atoms with E-state index in [9.17, 15) is 9.90 Å². The Hall–Kier alpha value is -2.57. The Kier molecular flexibility index (Phi) is 5.21. The highest BCUT2D eigenvalue weighted by molar-refractivity contribution is 8.27. The molecule has 25 heavy (non-hydrogen) atoms. The number of benzene rings is 2. The number of amides is 1. The second-order valence-electron chi connectivity index (χ2n) is 5.21. The van der Waals surface area contributed by atoms with Crippen LogP contribution >= 0.6 is 24.0 Å². The van der Waals surface area contributed by atoms with Crippen molar-refractivity contribution in [3.63, 3.8) is 0 Å². The Morgan fingerprint density at radius 1 is 1.24 bits per heavy atom. The van der Waals surface area contributed by atoms with Crippen molar-refractivity contribution in [3.8, 4) is 11.5 Å². The van der Waals surface area contributed by atoms with Crippen LogP contribution in [0.1, 0.15) is 5.56 Å². The monoisotopic (exact) mass is 369 g/mol. The third kappa shape index (κ3) is 3.92. The van der Waals surface area contributed by atoms with Crippen LogP contribution in [0.15, 0.2) is 66.1 Å². The van der Waals surface area contributed by atoms with E-state index >= 15 is 0 Å². The zero-order chi connectivity index (χ0) is 17.8. The largest absolute Gasteiger partial charge is 0.508 e. The molecule has 1 aliphatic rings. The van der Waals surface area contributed by atoms with Crippen molar-refractivity contribution in [1.29, 1.82) is 0 Å². The molecule has 0 radical (unpaired) electrons. The summed E-state index contributed by atoms with van der Waals surface area (Å²) in [5.74, 6) is 0.627. The molecule has 1 aliphatic heterocycles. The number of rotatable bonds is 5. The molecule has 0 bridgehead atoms. The molecular formula is C19H15NO3S2. The lowest BCUT2D eigenvalue weighted by atomic mass is 10.2. The predicted molar refractivity (Wildman–Crippen MR) is 106 cm³/mol. The fourth-order valence-electron chi connectivity index (χ4n) is 2.29. The van der Waals surface area contributed by atoms with Crippen molar-refractivity contribution in [3.05, 3.63) is 71.7 Å². The van der Waals surface area contributed by atoms with Crippen LogP contribution in [-0.4, -0.2) is 21.9 Å². The Morgan fingerprint density at radius 3 is 2.68 bits per heavy atom. The molecule has 0 aliphatic carbocycles. The van der Waals surface area contributed by atoms with Gasteiger partial charge in [0.05, 0.1) is 10.6 Å². The van der Waals surface area contributed by atoms with Crippen LogP contribution in [0.25, 0.3) is 6.08 Å². The number of carbonyl (C=O) groups excluding carboxylic acids is 1. The van der Waals surface area contributed by atoms with Crippen LogP contribution in [0.3, 0.4) is 0 Å². The highest BCUT2D eigenvalue weighted by Gasteiger charge is 2.33. The minimum atomic E-state index is -0.201. The van der Waals surface area contributed by atoms with Crippen LogP contribution in [0, 0.1) is 0 Å². The minimum Gasteiger partial charge on any atom is -0.508 e. The Morgan fingerprint density at radius 2 is 2.00 bits per heavy atom. The molecule has 1 fully saturated rings. The van der Waals surface area contributed by atoms with Crippen molar-refractivity contribution in [1.82, 2.24) is 0 Å². The van der Waals surface area contributed by atoms with Gasteiger partial charge in [0.1, 0.15) is 18.1 Å². The first-order valence-corrected chi connectivity index (χ1v) is 8.72. The van der Waals surface area contributed by atoms with Gasteiger partial charge < -0.3 is 9.84 Å². The van der Waals surface area contributed by atoms with E-state index in [0.717, 1.165) is 11.3 Å². The zero-order valence-corrected chi connectivity index (χ0v) is 14.8. The summed E-state index contributed by atoms with van der Waals surface area (Å²) in [7, 11) is 0. The normalized spacial score (nSPS) is 15.7. The molecule has 0 saturated carbocycles. The summed E-state index contributed by atoms with van der Waals surface area (Å²) in [6, 6.07) is 13.9. The van der Waals surface area contributed by atoms with Gasteiger partial charge in [-0.3, -0.25) is 9.69 Å². The van der Waals surface area contributed by atoms with E-state index < -0.39 is 0 Å². The topological polar surface area (TPSA) is 49.8 Å². The number of aromatic hydroxyl groups is 1. The van der Waals surface area contributed by atoms with E-state index in [1.165, 1.54) is 22.7 Å². The zero-order valence-electron chi connectivity index (χ0n) is 13.2. The summed E-state index contributed by atoms with van der Waals surface area (Å²) in [5, 5.41) is 9.61. The fourth-order valence-corrected chi connectivity index (χ4v) is 3.59. The number of hydrogen-bond donors (Lipinski definition) is 1. The van der Waals surface area contributed by atoms with Crippen LogP contribution in [0.2, 0.25) is 0 Å². The Balaban J connectivity index is 1.81. The molecule has 0 atom stereocenters. The lowest BCUT2D eigenvalue weighted by molar-refractivity contribution is -0.113. The average Bonchev–Trinajstić information content (AvgIpc) is 2.88. The van der Waals surface area contributed by atoms with Gasteiger partial charge in [-0.05, 0) is 35.9 Å². The van der Waals surface area contributed by atoms with Crippen LogP contribution < -0.4 is 9.64 Å². The molecule has 3 rings (SSSR count). The standard InChI is InChI=1S/C19H15NO3S2/c1-2-10-23-16-8-6-13(7-9-16)11-17-18(22)20(19(24)25-17)14-4-3-5-15(21)12-14/h2-9,11-12,21H,1,10H2. The summed E-state index contributed by atoms with van der Waals surface area (Å²) >= 11 is 6.56. The molecular weight excluding hydrogens is 354 g/mol. The fraction of sp³-hybridized carbons (Fsp3) is 0.0526. The molecule has 0 aromatic heterocycles. The molecule has 0 spiro atoms. The van der Waals surface area contributed by atoms with E-state index in [1.807, 2.05) is 24.3 Å². The third-order valence-electron chi connectivity index (χ3n) is 3.43. The molecule has 1 heterocycles. The first-order chi connectivity index (χ1) is 12.1. The second-order valence-corrected chi connectivity index (χ2v) is 6.88. The highest BCUT2D eigenvalue weighted by atomic mass is 32.2.